The van der Waals surface area contributed by atoms with Crippen molar-refractivity contribution in [3.8, 4) is 22.9 Å². The average molecular weight is 367 g/mol. The number of anilines is 1. The Labute approximate surface area is 156 Å². The van der Waals surface area contributed by atoms with Gasteiger partial charge in [0.25, 0.3) is 0 Å². The number of carbonyl (C=O) groups is 1. The first kappa shape index (κ1) is 17.3. The molecule has 140 valence electrons. The van der Waals surface area contributed by atoms with Gasteiger partial charge in [-0.25, -0.2) is 9.97 Å². The van der Waals surface area contributed by atoms with Crippen molar-refractivity contribution in [1.29, 1.82) is 0 Å². The van der Waals surface area contributed by atoms with Crippen LogP contribution < -0.4 is 14.8 Å². The highest BCUT2D eigenvalue weighted by atomic mass is 16.5. The van der Waals surface area contributed by atoms with Crippen molar-refractivity contribution in [2.24, 2.45) is 0 Å². The molecule has 5 rings (SSSR count). The summed E-state index contributed by atoms with van der Waals surface area (Å²) in [6, 6.07) is 5.36. The van der Waals surface area contributed by atoms with Gasteiger partial charge in [0.2, 0.25) is 12.3 Å². The van der Waals surface area contributed by atoms with Gasteiger partial charge in [0.1, 0.15) is 17.1 Å². The number of pyridine rings is 2. The minimum atomic E-state index is 0.242. The van der Waals surface area contributed by atoms with Crippen molar-refractivity contribution in [1.82, 2.24) is 20.2 Å². The second-order valence-corrected chi connectivity index (χ2v) is 6.50. The van der Waals surface area contributed by atoms with E-state index in [-0.39, 0.29) is 6.10 Å². The molecule has 3 aromatic rings. The van der Waals surface area contributed by atoms with Crippen LogP contribution in [0.3, 0.4) is 0 Å². The van der Waals surface area contributed by atoms with Crippen molar-refractivity contribution in [3.05, 3.63) is 24.4 Å². The highest BCUT2D eigenvalue weighted by molar-refractivity contribution is 5.95. The number of nitrogens with zero attached hydrogens (tertiary/aromatic N) is 3. The standard InChI is InChI=1S/C16H15N5O3.C3H6/c1-23-16-13(11(6-7-17-16)24-9-2-3-9)14-10-4-5-12(18-8-22)19-15(10)21-20-14;1-2-3-1/h4-9H,2-3H2,1H3,(H2,18,19,20,21,22);1-3H2. The summed E-state index contributed by atoms with van der Waals surface area (Å²) in [4.78, 5) is 19.1. The van der Waals surface area contributed by atoms with E-state index in [1.165, 1.54) is 19.3 Å². The summed E-state index contributed by atoms with van der Waals surface area (Å²) in [5, 5.41) is 10.5. The minimum absolute atomic E-state index is 0.242. The van der Waals surface area contributed by atoms with Crippen LogP contribution in [0.15, 0.2) is 24.4 Å². The van der Waals surface area contributed by atoms with Gasteiger partial charge >= 0.3 is 0 Å². The topological polar surface area (TPSA) is 102 Å². The molecule has 2 aliphatic carbocycles. The molecule has 0 atom stereocenters. The Hall–Kier alpha value is -3.16. The molecule has 0 radical (unpaired) electrons. The molecule has 1 amide bonds. The Morgan fingerprint density at radius 2 is 2.04 bits per heavy atom. The lowest BCUT2D eigenvalue weighted by molar-refractivity contribution is -0.105. The van der Waals surface area contributed by atoms with Gasteiger partial charge in [0, 0.05) is 11.6 Å². The molecular weight excluding hydrogens is 346 g/mol. The Kier molecular flexibility index (Phi) is 4.86. The molecule has 2 saturated carbocycles. The maximum Gasteiger partial charge on any atom is 0.226 e. The molecule has 3 heterocycles. The Bertz CT molecular complexity index is 947. The van der Waals surface area contributed by atoms with E-state index < -0.39 is 0 Å². The monoisotopic (exact) mass is 367 g/mol. The second kappa shape index (κ2) is 7.61. The normalized spacial score (nSPS) is 14.9. The number of nitrogens with one attached hydrogen (secondary N) is 2. The Balaban J connectivity index is 0.000000547. The summed E-state index contributed by atoms with van der Waals surface area (Å²) in [5.41, 5.74) is 1.92. The van der Waals surface area contributed by atoms with Gasteiger partial charge in [0.05, 0.1) is 18.9 Å². The molecule has 0 saturated heterocycles. The molecule has 8 nitrogen and oxygen atoms in total. The fraction of sp³-hybridized carbons (Fsp3) is 0.368. The summed E-state index contributed by atoms with van der Waals surface area (Å²) in [7, 11) is 1.57. The van der Waals surface area contributed by atoms with Gasteiger partial charge in [-0.2, -0.15) is 5.10 Å². The zero-order chi connectivity index (χ0) is 18.6. The number of rotatable bonds is 6. The number of hydrogen-bond donors (Lipinski definition) is 2. The number of carbonyl (C=O) groups excluding carboxylic acids is 1. The van der Waals surface area contributed by atoms with Crippen LogP contribution in [0.5, 0.6) is 11.6 Å². The SMILES string of the molecule is C1CC1.COc1nccc(OC2CC2)c1-c1[nH]nc2nc(NC=O)ccc12. The van der Waals surface area contributed by atoms with Crippen LogP contribution in [0.4, 0.5) is 5.82 Å². The maximum atomic E-state index is 10.6. The third-order valence-electron chi connectivity index (χ3n) is 4.12. The zero-order valence-corrected chi connectivity index (χ0v) is 15.1. The van der Waals surface area contributed by atoms with Crippen LogP contribution in [0, 0.1) is 0 Å². The number of amides is 1. The van der Waals surface area contributed by atoms with Crippen molar-refractivity contribution < 1.29 is 14.3 Å². The van der Waals surface area contributed by atoms with Crippen LogP contribution >= 0.6 is 0 Å². The molecule has 0 bridgehead atoms. The number of methoxy groups -OCH3 is 1. The summed E-state index contributed by atoms with van der Waals surface area (Å²) < 4.78 is 11.4. The lowest BCUT2D eigenvalue weighted by atomic mass is 10.1. The number of ether oxygens (including phenoxy) is 2. The van der Waals surface area contributed by atoms with Gasteiger partial charge < -0.3 is 14.8 Å². The van der Waals surface area contributed by atoms with E-state index in [0.717, 1.165) is 23.9 Å². The molecule has 0 unspecified atom stereocenters. The van der Waals surface area contributed by atoms with E-state index in [9.17, 15) is 4.79 Å². The summed E-state index contributed by atoms with van der Waals surface area (Å²) in [5.74, 6) is 1.59. The van der Waals surface area contributed by atoms with E-state index in [4.69, 9.17) is 9.47 Å². The quantitative estimate of drug-likeness (QED) is 0.648. The molecule has 0 spiro atoms. The number of hydrogen-bond acceptors (Lipinski definition) is 6. The molecule has 8 heteroatoms. The van der Waals surface area contributed by atoms with Crippen molar-refractivity contribution in [2.45, 2.75) is 38.2 Å². The number of aromatic nitrogens is 4. The number of aromatic amines is 1. The van der Waals surface area contributed by atoms with E-state index in [2.05, 4.69) is 25.5 Å². The molecular formula is C19H21N5O3. The highest BCUT2D eigenvalue weighted by Crippen LogP contribution is 2.41. The van der Waals surface area contributed by atoms with Gasteiger partial charge in [-0.1, -0.05) is 19.3 Å². The van der Waals surface area contributed by atoms with E-state index >= 15 is 0 Å². The van der Waals surface area contributed by atoms with Crippen LogP contribution in [0.25, 0.3) is 22.3 Å². The fourth-order valence-corrected chi connectivity index (χ4v) is 2.50. The van der Waals surface area contributed by atoms with E-state index in [1.807, 2.05) is 12.1 Å². The first-order valence-electron chi connectivity index (χ1n) is 9.05. The number of H-pyrrole nitrogens is 1. The zero-order valence-electron chi connectivity index (χ0n) is 15.1. The molecule has 0 aromatic carbocycles. The lowest BCUT2D eigenvalue weighted by Crippen LogP contribution is -2.01. The molecule has 2 aliphatic rings. The highest BCUT2D eigenvalue weighted by Gasteiger charge is 2.27. The van der Waals surface area contributed by atoms with Crippen molar-refractivity contribution >= 4 is 23.3 Å². The molecule has 27 heavy (non-hydrogen) atoms. The minimum Gasteiger partial charge on any atom is -0.489 e. The van der Waals surface area contributed by atoms with Gasteiger partial charge in [-0.15, -0.1) is 0 Å². The third-order valence-corrected chi connectivity index (χ3v) is 4.12. The Morgan fingerprint density at radius 1 is 1.22 bits per heavy atom. The van der Waals surface area contributed by atoms with Gasteiger partial charge in [-0.3, -0.25) is 9.89 Å². The van der Waals surface area contributed by atoms with Crippen LogP contribution in [0.2, 0.25) is 0 Å². The summed E-state index contributed by atoms with van der Waals surface area (Å²) in [6.45, 7) is 0. The Morgan fingerprint density at radius 3 is 2.70 bits per heavy atom. The van der Waals surface area contributed by atoms with Crippen molar-refractivity contribution in [2.75, 3.05) is 12.4 Å². The van der Waals surface area contributed by atoms with Gasteiger partial charge in [-0.05, 0) is 31.0 Å². The molecule has 2 N–H and O–H groups in total. The summed E-state index contributed by atoms with van der Waals surface area (Å²) in [6.07, 6.45) is 9.08. The summed E-state index contributed by atoms with van der Waals surface area (Å²) >= 11 is 0. The predicted molar refractivity (Wildman–Crippen MR) is 101 cm³/mol. The first-order valence-corrected chi connectivity index (χ1v) is 9.05. The molecule has 0 aliphatic heterocycles. The maximum absolute atomic E-state index is 10.6. The first-order chi connectivity index (χ1) is 13.3. The largest absolute Gasteiger partial charge is 0.489 e. The van der Waals surface area contributed by atoms with Crippen LogP contribution in [-0.4, -0.2) is 39.8 Å². The van der Waals surface area contributed by atoms with E-state index in [0.29, 0.717) is 35.1 Å². The lowest BCUT2D eigenvalue weighted by Gasteiger charge is -2.12. The van der Waals surface area contributed by atoms with Crippen LogP contribution in [-0.2, 0) is 4.79 Å². The molecule has 3 aromatic heterocycles. The number of fused-ring (bicyclic) bond motifs is 1. The van der Waals surface area contributed by atoms with E-state index in [1.54, 1.807) is 19.4 Å². The predicted octanol–water partition coefficient (Wildman–Crippen LogP) is 3.31. The van der Waals surface area contributed by atoms with Gasteiger partial charge in [0.15, 0.2) is 5.65 Å². The molecule has 2 fully saturated rings. The fourth-order valence-electron chi connectivity index (χ4n) is 2.50. The second-order valence-electron chi connectivity index (χ2n) is 6.50. The smallest absolute Gasteiger partial charge is 0.226 e. The average Bonchev–Trinajstić information content (AvgIpc) is 3.60. The van der Waals surface area contributed by atoms with Crippen LogP contribution in [0.1, 0.15) is 32.1 Å². The van der Waals surface area contributed by atoms with Crippen molar-refractivity contribution in [3.63, 3.8) is 0 Å². The third kappa shape index (κ3) is 3.99.